The van der Waals surface area contributed by atoms with E-state index >= 15 is 0 Å². The first kappa shape index (κ1) is 13.4. The van der Waals surface area contributed by atoms with E-state index in [0.717, 1.165) is 10.4 Å². The van der Waals surface area contributed by atoms with E-state index in [-0.39, 0.29) is 11.3 Å². The Balaban J connectivity index is 2.29. The number of thiophene rings is 1. The molecule has 4 nitrogen and oxygen atoms in total. The quantitative estimate of drug-likeness (QED) is 0.906. The highest BCUT2D eigenvalue weighted by Crippen LogP contribution is 2.32. The van der Waals surface area contributed by atoms with Crippen molar-refractivity contribution in [3.8, 4) is 0 Å². The van der Waals surface area contributed by atoms with Gasteiger partial charge in [0.15, 0.2) is 0 Å². The number of carbonyl (C=O) groups excluding carboxylic acids is 1. The molecule has 0 spiro atoms. The van der Waals surface area contributed by atoms with Crippen LogP contribution in [0.2, 0.25) is 0 Å². The molecule has 1 aromatic heterocycles. The summed E-state index contributed by atoms with van der Waals surface area (Å²) in [7, 11) is 0. The molecule has 0 saturated carbocycles. The van der Waals surface area contributed by atoms with Crippen LogP contribution in [0.5, 0.6) is 0 Å². The van der Waals surface area contributed by atoms with Crippen molar-refractivity contribution in [1.82, 2.24) is 4.90 Å². The van der Waals surface area contributed by atoms with Gasteiger partial charge in [-0.25, -0.2) is 4.79 Å². The summed E-state index contributed by atoms with van der Waals surface area (Å²) in [6, 6.07) is 1.14. The zero-order chi connectivity index (χ0) is 13.4. The molecule has 1 N–H and O–H groups in total. The number of carboxylic acid groups (broad SMARTS) is 1. The van der Waals surface area contributed by atoms with Gasteiger partial charge in [0.25, 0.3) is 5.91 Å². The molecule has 0 bridgehead atoms. The minimum absolute atomic E-state index is 0.0821. The van der Waals surface area contributed by atoms with E-state index in [1.54, 1.807) is 0 Å². The van der Waals surface area contributed by atoms with Crippen LogP contribution in [0.15, 0.2) is 6.07 Å². The SMILES string of the molecule is Cc1cc(C(=O)N2C(C)SCC2C(=O)O)sc1C. The first-order chi connectivity index (χ1) is 8.41. The van der Waals surface area contributed by atoms with Gasteiger partial charge in [-0.2, -0.15) is 0 Å². The van der Waals surface area contributed by atoms with Crippen LogP contribution < -0.4 is 0 Å². The first-order valence-electron chi connectivity index (χ1n) is 5.66. The van der Waals surface area contributed by atoms with E-state index < -0.39 is 12.0 Å². The van der Waals surface area contributed by atoms with Crippen molar-refractivity contribution in [1.29, 1.82) is 0 Å². The van der Waals surface area contributed by atoms with Crippen molar-refractivity contribution in [2.24, 2.45) is 0 Å². The average molecular weight is 285 g/mol. The van der Waals surface area contributed by atoms with E-state index in [9.17, 15) is 9.59 Å². The molecule has 1 fully saturated rings. The summed E-state index contributed by atoms with van der Waals surface area (Å²) in [5, 5.41) is 9.07. The van der Waals surface area contributed by atoms with Crippen molar-refractivity contribution in [2.45, 2.75) is 32.2 Å². The number of thioether (sulfide) groups is 1. The fraction of sp³-hybridized carbons (Fsp3) is 0.500. The monoisotopic (exact) mass is 285 g/mol. The van der Waals surface area contributed by atoms with Crippen LogP contribution >= 0.6 is 23.1 Å². The van der Waals surface area contributed by atoms with Gasteiger partial charge in [-0.1, -0.05) is 0 Å². The maximum Gasteiger partial charge on any atom is 0.327 e. The Labute approximate surface area is 114 Å². The number of aryl methyl sites for hydroxylation is 2. The molecule has 6 heteroatoms. The van der Waals surface area contributed by atoms with Gasteiger partial charge in [0.1, 0.15) is 6.04 Å². The van der Waals surface area contributed by atoms with Gasteiger partial charge in [0.2, 0.25) is 0 Å². The summed E-state index contributed by atoms with van der Waals surface area (Å²) in [5.41, 5.74) is 1.08. The maximum absolute atomic E-state index is 12.4. The van der Waals surface area contributed by atoms with Gasteiger partial charge in [-0.3, -0.25) is 4.79 Å². The summed E-state index contributed by atoms with van der Waals surface area (Å²) in [6.45, 7) is 5.80. The van der Waals surface area contributed by atoms with Gasteiger partial charge in [0.05, 0.1) is 10.3 Å². The van der Waals surface area contributed by atoms with Crippen LogP contribution in [0.25, 0.3) is 0 Å². The second-order valence-corrected chi connectivity index (χ2v) is 6.95. The molecule has 1 saturated heterocycles. The Morgan fingerprint density at radius 2 is 2.11 bits per heavy atom. The van der Waals surface area contributed by atoms with E-state index in [1.165, 1.54) is 28.0 Å². The van der Waals surface area contributed by atoms with Gasteiger partial charge in [-0.05, 0) is 32.4 Å². The van der Waals surface area contributed by atoms with Crippen molar-refractivity contribution in [3.63, 3.8) is 0 Å². The summed E-state index contributed by atoms with van der Waals surface area (Å²) < 4.78 is 0. The lowest BCUT2D eigenvalue weighted by molar-refractivity contribution is -0.141. The molecule has 98 valence electrons. The van der Waals surface area contributed by atoms with Gasteiger partial charge in [-0.15, -0.1) is 23.1 Å². The number of hydrogen-bond acceptors (Lipinski definition) is 4. The third kappa shape index (κ3) is 2.27. The van der Waals surface area contributed by atoms with Crippen LogP contribution in [0, 0.1) is 13.8 Å². The van der Waals surface area contributed by atoms with Crippen LogP contribution in [0.3, 0.4) is 0 Å². The first-order valence-corrected chi connectivity index (χ1v) is 7.52. The molecule has 2 heterocycles. The van der Waals surface area contributed by atoms with E-state index in [1.807, 2.05) is 26.8 Å². The predicted octanol–water partition coefficient (Wildman–Crippen LogP) is 2.35. The van der Waals surface area contributed by atoms with Gasteiger partial charge in [0, 0.05) is 10.6 Å². The van der Waals surface area contributed by atoms with Gasteiger partial charge >= 0.3 is 5.97 Å². The Morgan fingerprint density at radius 3 is 2.61 bits per heavy atom. The van der Waals surface area contributed by atoms with Crippen molar-refractivity contribution in [2.75, 3.05) is 5.75 Å². The van der Waals surface area contributed by atoms with Crippen molar-refractivity contribution < 1.29 is 14.7 Å². The molecule has 0 aliphatic carbocycles. The molecular formula is C12H15NO3S2. The summed E-state index contributed by atoms with van der Waals surface area (Å²) in [5.74, 6) is -0.628. The molecule has 2 rings (SSSR count). The molecule has 2 unspecified atom stereocenters. The lowest BCUT2D eigenvalue weighted by atomic mass is 10.2. The summed E-state index contributed by atoms with van der Waals surface area (Å²) >= 11 is 2.94. The topological polar surface area (TPSA) is 57.6 Å². The molecule has 0 radical (unpaired) electrons. The Hall–Kier alpha value is -1.01. The summed E-state index contributed by atoms with van der Waals surface area (Å²) in [6.07, 6.45) is 0. The molecule has 18 heavy (non-hydrogen) atoms. The molecule has 0 aromatic carbocycles. The van der Waals surface area contributed by atoms with E-state index in [0.29, 0.717) is 10.6 Å². The fourth-order valence-electron chi connectivity index (χ4n) is 1.95. The highest BCUT2D eigenvalue weighted by molar-refractivity contribution is 8.00. The molecule has 1 amide bonds. The molecule has 1 aromatic rings. The second-order valence-electron chi connectivity index (χ2n) is 4.35. The fourth-order valence-corrected chi connectivity index (χ4v) is 4.09. The van der Waals surface area contributed by atoms with Crippen LogP contribution in [0.1, 0.15) is 27.0 Å². The lowest BCUT2D eigenvalue weighted by Gasteiger charge is -2.24. The normalized spacial score (nSPS) is 23.4. The van der Waals surface area contributed by atoms with Crippen LogP contribution in [0.4, 0.5) is 0 Å². The third-order valence-corrected chi connectivity index (χ3v) is 5.48. The number of amides is 1. The number of nitrogens with zero attached hydrogens (tertiary/aromatic N) is 1. The number of aliphatic carboxylic acids is 1. The average Bonchev–Trinajstić information content (AvgIpc) is 2.83. The van der Waals surface area contributed by atoms with Crippen molar-refractivity contribution >= 4 is 35.0 Å². The third-order valence-electron chi connectivity index (χ3n) is 3.12. The maximum atomic E-state index is 12.4. The van der Waals surface area contributed by atoms with E-state index in [4.69, 9.17) is 5.11 Å². The smallest absolute Gasteiger partial charge is 0.327 e. The minimum atomic E-state index is -0.926. The Bertz CT molecular complexity index is 478. The van der Waals surface area contributed by atoms with Gasteiger partial charge < -0.3 is 10.0 Å². The minimum Gasteiger partial charge on any atom is -0.480 e. The number of carboxylic acids is 1. The van der Waals surface area contributed by atoms with Crippen molar-refractivity contribution in [3.05, 3.63) is 21.4 Å². The number of rotatable bonds is 2. The number of carbonyl (C=O) groups is 2. The Morgan fingerprint density at radius 1 is 1.44 bits per heavy atom. The molecule has 2 atom stereocenters. The molecule has 1 aliphatic rings. The number of hydrogen-bond donors (Lipinski definition) is 1. The van der Waals surface area contributed by atoms with Crippen LogP contribution in [-0.2, 0) is 4.79 Å². The zero-order valence-electron chi connectivity index (χ0n) is 10.5. The largest absolute Gasteiger partial charge is 0.480 e. The highest BCUT2D eigenvalue weighted by Gasteiger charge is 2.40. The predicted molar refractivity (Wildman–Crippen MR) is 73.3 cm³/mol. The molecule has 1 aliphatic heterocycles. The second kappa shape index (κ2) is 4.93. The Kier molecular flexibility index (Phi) is 3.68. The standard InChI is InChI=1S/C12H15NO3S2/c1-6-4-10(18-7(6)2)11(14)13-8(3)17-5-9(13)12(15)16/h4,8-9H,5H2,1-3H3,(H,15,16). The lowest BCUT2D eigenvalue weighted by Crippen LogP contribution is -2.44. The van der Waals surface area contributed by atoms with E-state index in [2.05, 4.69) is 0 Å². The zero-order valence-corrected chi connectivity index (χ0v) is 12.1. The van der Waals surface area contributed by atoms with Crippen LogP contribution in [-0.4, -0.2) is 39.1 Å². The summed E-state index contributed by atoms with van der Waals surface area (Å²) in [4.78, 5) is 26.8. The highest BCUT2D eigenvalue weighted by atomic mass is 32.2. The molecular weight excluding hydrogens is 270 g/mol.